The van der Waals surface area contributed by atoms with Crippen LogP contribution < -0.4 is 10.2 Å². The van der Waals surface area contributed by atoms with Crippen LogP contribution in [0.1, 0.15) is 19.3 Å². The number of hydrogen-bond acceptors (Lipinski definition) is 5. The highest BCUT2D eigenvalue weighted by molar-refractivity contribution is 9.10. The van der Waals surface area contributed by atoms with Gasteiger partial charge in [-0.3, -0.25) is 19.3 Å². The fraction of sp³-hybridized carbons (Fsp3) is 0.318. The van der Waals surface area contributed by atoms with Crippen molar-refractivity contribution >= 4 is 45.0 Å². The van der Waals surface area contributed by atoms with Gasteiger partial charge in [-0.1, -0.05) is 28.1 Å². The molecular formula is C22H22BrN3O4. The Balaban J connectivity index is 1.36. The first-order valence-electron chi connectivity index (χ1n) is 9.89. The number of phenolic OH excluding ortho intramolecular Hbond substituents is 1. The van der Waals surface area contributed by atoms with E-state index in [1.807, 2.05) is 4.90 Å². The van der Waals surface area contributed by atoms with Gasteiger partial charge in [-0.25, -0.2) is 4.90 Å². The number of halogens is 1. The van der Waals surface area contributed by atoms with Crippen molar-refractivity contribution in [3.63, 3.8) is 0 Å². The standard InChI is InChI=1S/C22H22BrN3O4/c23-15-5-7-16(8-6-15)26-20(28)13-18(22(26)30)25-11-9-14(10-12-25)21(29)24-17-3-1-2-4-19(17)27/h1-8,14,18,27H,9-13H2,(H,24,29)/t18-/m1/s1. The zero-order valence-corrected chi connectivity index (χ0v) is 17.8. The zero-order chi connectivity index (χ0) is 21.3. The number of benzene rings is 2. The molecule has 2 N–H and O–H groups in total. The van der Waals surface area contributed by atoms with Crippen molar-refractivity contribution in [2.75, 3.05) is 23.3 Å². The van der Waals surface area contributed by atoms with E-state index in [4.69, 9.17) is 0 Å². The fourth-order valence-corrected chi connectivity index (χ4v) is 4.31. The lowest BCUT2D eigenvalue weighted by Gasteiger charge is -2.34. The second-order valence-electron chi connectivity index (χ2n) is 7.58. The minimum Gasteiger partial charge on any atom is -0.506 e. The number of aromatic hydroxyl groups is 1. The lowest BCUT2D eigenvalue weighted by molar-refractivity contribution is -0.123. The molecule has 2 heterocycles. The molecule has 2 aromatic carbocycles. The summed E-state index contributed by atoms with van der Waals surface area (Å²) < 4.78 is 0.881. The number of hydrogen-bond donors (Lipinski definition) is 2. The number of para-hydroxylation sites is 2. The molecule has 0 aliphatic carbocycles. The molecule has 2 saturated heterocycles. The molecule has 0 bridgehead atoms. The Morgan fingerprint density at radius 3 is 2.37 bits per heavy atom. The summed E-state index contributed by atoms with van der Waals surface area (Å²) in [5, 5.41) is 12.6. The van der Waals surface area contributed by atoms with Crippen LogP contribution in [0.2, 0.25) is 0 Å². The van der Waals surface area contributed by atoms with Gasteiger partial charge in [-0.15, -0.1) is 0 Å². The summed E-state index contributed by atoms with van der Waals surface area (Å²) in [6.07, 6.45) is 1.34. The molecule has 156 valence electrons. The normalized spacial score (nSPS) is 20.6. The van der Waals surface area contributed by atoms with Gasteiger partial charge in [0.2, 0.25) is 11.8 Å². The predicted molar refractivity (Wildman–Crippen MR) is 116 cm³/mol. The molecule has 1 atom stereocenters. The topological polar surface area (TPSA) is 89.9 Å². The highest BCUT2D eigenvalue weighted by Crippen LogP contribution is 2.30. The third kappa shape index (κ3) is 4.11. The first-order valence-corrected chi connectivity index (χ1v) is 10.7. The maximum atomic E-state index is 12.9. The Labute approximate surface area is 182 Å². The van der Waals surface area contributed by atoms with Gasteiger partial charge in [-0.2, -0.15) is 0 Å². The number of carbonyl (C=O) groups excluding carboxylic acids is 3. The van der Waals surface area contributed by atoms with Gasteiger partial charge in [-0.05, 0) is 62.3 Å². The summed E-state index contributed by atoms with van der Waals surface area (Å²) in [5.41, 5.74) is 0.972. The van der Waals surface area contributed by atoms with Crippen molar-refractivity contribution in [3.8, 4) is 5.75 Å². The minimum absolute atomic E-state index is 0.0337. The molecule has 4 rings (SSSR count). The quantitative estimate of drug-likeness (QED) is 0.527. The molecule has 0 spiro atoms. The van der Waals surface area contributed by atoms with Crippen molar-refractivity contribution < 1.29 is 19.5 Å². The van der Waals surface area contributed by atoms with Crippen molar-refractivity contribution in [3.05, 3.63) is 53.0 Å². The largest absolute Gasteiger partial charge is 0.506 e. The van der Waals surface area contributed by atoms with Crippen molar-refractivity contribution in [2.45, 2.75) is 25.3 Å². The van der Waals surface area contributed by atoms with Crippen LogP contribution in [0.25, 0.3) is 0 Å². The summed E-state index contributed by atoms with van der Waals surface area (Å²) >= 11 is 3.36. The van der Waals surface area contributed by atoms with Crippen LogP contribution in [0.3, 0.4) is 0 Å². The molecule has 3 amide bonds. The minimum atomic E-state index is -0.483. The predicted octanol–water partition coefficient (Wildman–Crippen LogP) is 3.14. The molecule has 2 fully saturated rings. The van der Waals surface area contributed by atoms with Gasteiger partial charge >= 0.3 is 0 Å². The number of rotatable bonds is 4. The SMILES string of the molecule is O=C(Nc1ccccc1O)C1CCN([C@@H]2CC(=O)N(c3ccc(Br)cc3)C2=O)CC1. The van der Waals surface area contributed by atoms with Crippen molar-refractivity contribution in [2.24, 2.45) is 5.92 Å². The van der Waals surface area contributed by atoms with Crippen LogP contribution >= 0.6 is 15.9 Å². The number of nitrogens with zero attached hydrogens (tertiary/aromatic N) is 2. The van der Waals surface area contributed by atoms with E-state index < -0.39 is 6.04 Å². The summed E-state index contributed by atoms with van der Waals surface area (Å²) in [6, 6.07) is 13.2. The number of likely N-dealkylation sites (tertiary alicyclic amines) is 1. The van der Waals surface area contributed by atoms with Gasteiger partial charge in [0.05, 0.1) is 23.8 Å². The highest BCUT2D eigenvalue weighted by atomic mass is 79.9. The number of nitrogens with one attached hydrogen (secondary N) is 1. The van der Waals surface area contributed by atoms with Crippen LogP contribution in [-0.2, 0) is 14.4 Å². The number of amides is 3. The summed E-state index contributed by atoms with van der Waals surface area (Å²) in [5.74, 6) is -0.713. The Bertz CT molecular complexity index is 971. The molecule has 30 heavy (non-hydrogen) atoms. The molecule has 2 aliphatic rings. The van der Waals surface area contributed by atoms with E-state index in [2.05, 4.69) is 21.2 Å². The smallest absolute Gasteiger partial charge is 0.251 e. The molecule has 2 aromatic rings. The number of phenols is 1. The third-order valence-corrected chi connectivity index (χ3v) is 6.24. The summed E-state index contributed by atoms with van der Waals surface area (Å²) in [6.45, 7) is 1.13. The first-order chi connectivity index (χ1) is 14.4. The van der Waals surface area contributed by atoms with Crippen LogP contribution in [0, 0.1) is 5.92 Å². The van der Waals surface area contributed by atoms with E-state index in [9.17, 15) is 19.5 Å². The fourth-order valence-electron chi connectivity index (χ4n) is 4.05. The maximum Gasteiger partial charge on any atom is 0.251 e. The number of carbonyl (C=O) groups is 3. The van der Waals surface area contributed by atoms with Gasteiger partial charge < -0.3 is 10.4 Å². The van der Waals surface area contributed by atoms with E-state index in [1.165, 1.54) is 11.0 Å². The van der Waals surface area contributed by atoms with E-state index in [0.29, 0.717) is 37.3 Å². The Kier molecular flexibility index (Phi) is 5.87. The molecular weight excluding hydrogens is 450 g/mol. The van der Waals surface area contributed by atoms with Crippen LogP contribution in [0.4, 0.5) is 11.4 Å². The monoisotopic (exact) mass is 471 g/mol. The third-order valence-electron chi connectivity index (χ3n) is 5.71. The van der Waals surface area contributed by atoms with Crippen molar-refractivity contribution in [1.29, 1.82) is 0 Å². The van der Waals surface area contributed by atoms with Crippen molar-refractivity contribution in [1.82, 2.24) is 4.90 Å². The molecule has 0 aromatic heterocycles. The van der Waals surface area contributed by atoms with Crippen LogP contribution in [0.5, 0.6) is 5.75 Å². The van der Waals surface area contributed by atoms with E-state index in [0.717, 1.165) is 4.47 Å². The van der Waals surface area contributed by atoms with E-state index in [1.54, 1.807) is 42.5 Å². The van der Waals surface area contributed by atoms with Crippen LogP contribution in [0.15, 0.2) is 53.0 Å². The molecule has 0 unspecified atom stereocenters. The summed E-state index contributed by atoms with van der Waals surface area (Å²) in [7, 11) is 0. The summed E-state index contributed by atoms with van der Waals surface area (Å²) in [4.78, 5) is 41.3. The maximum absolute atomic E-state index is 12.9. The molecule has 0 radical (unpaired) electrons. The van der Waals surface area contributed by atoms with E-state index in [-0.39, 0.29) is 35.8 Å². The average Bonchev–Trinajstić information content (AvgIpc) is 3.04. The first kappa shape index (κ1) is 20.6. The lowest BCUT2D eigenvalue weighted by Crippen LogP contribution is -2.47. The Hall–Kier alpha value is -2.71. The second-order valence-corrected chi connectivity index (χ2v) is 8.50. The second kappa shape index (κ2) is 8.57. The highest BCUT2D eigenvalue weighted by Gasteiger charge is 2.43. The number of anilines is 2. The number of piperidine rings is 1. The van der Waals surface area contributed by atoms with Gasteiger partial charge in [0.1, 0.15) is 5.75 Å². The van der Waals surface area contributed by atoms with E-state index >= 15 is 0 Å². The molecule has 8 heteroatoms. The van der Waals surface area contributed by atoms with Gasteiger partial charge in [0, 0.05) is 10.4 Å². The molecule has 7 nitrogen and oxygen atoms in total. The Morgan fingerprint density at radius 1 is 1.03 bits per heavy atom. The van der Waals surface area contributed by atoms with Crippen LogP contribution in [-0.4, -0.2) is 46.9 Å². The lowest BCUT2D eigenvalue weighted by atomic mass is 9.94. The number of imide groups is 1. The van der Waals surface area contributed by atoms with Gasteiger partial charge in [0.25, 0.3) is 5.91 Å². The average molecular weight is 472 g/mol. The Morgan fingerprint density at radius 2 is 1.70 bits per heavy atom. The molecule has 2 aliphatic heterocycles. The zero-order valence-electron chi connectivity index (χ0n) is 16.3. The van der Waals surface area contributed by atoms with Gasteiger partial charge in [0.15, 0.2) is 0 Å². The molecule has 0 saturated carbocycles.